The van der Waals surface area contributed by atoms with Gasteiger partial charge in [-0.25, -0.2) is 0 Å². The fourth-order valence-corrected chi connectivity index (χ4v) is 0.222. The van der Waals surface area contributed by atoms with Crippen molar-refractivity contribution in [2.75, 3.05) is 0 Å². The molecule has 0 aliphatic heterocycles. The second kappa shape index (κ2) is 9.42. The molecule has 0 saturated carbocycles. The molecule has 7 heavy (non-hydrogen) atoms. The third-order valence-corrected chi connectivity index (χ3v) is 0.496. The number of allylic oxidation sites excluding steroid dienone is 4. The first-order chi connectivity index (χ1) is 2.91. The van der Waals surface area contributed by atoms with Gasteiger partial charge in [0.05, 0.1) is 0 Å². The molecule has 0 unspecified atom stereocenters. The van der Waals surface area contributed by atoms with E-state index in [4.69, 9.17) is 0 Å². The monoisotopic (exact) mass is 90.1 g/mol. The summed E-state index contributed by atoms with van der Waals surface area (Å²) in [5.74, 6) is 0. The van der Waals surface area contributed by atoms with Gasteiger partial charge in [-0.2, -0.15) is 0 Å². The zero-order valence-electron chi connectivity index (χ0n) is 4.31. The maximum absolute atomic E-state index is 2.00. The molecule has 0 N–H and O–H groups in total. The zero-order valence-corrected chi connectivity index (χ0v) is 4.31. The van der Waals surface area contributed by atoms with E-state index in [-0.39, 0.29) is 18.9 Å². The van der Waals surface area contributed by atoms with E-state index in [2.05, 4.69) is 0 Å². The van der Waals surface area contributed by atoms with Crippen molar-refractivity contribution in [1.82, 2.24) is 0 Å². The zero-order chi connectivity index (χ0) is 4.83. The van der Waals surface area contributed by atoms with Crippen LogP contribution in [-0.4, -0.2) is 18.9 Å². The minimum absolute atomic E-state index is 0. The van der Waals surface area contributed by atoms with Crippen molar-refractivity contribution in [1.29, 1.82) is 0 Å². The third-order valence-electron chi connectivity index (χ3n) is 0.496. The Morgan fingerprint density at radius 1 is 0.857 bits per heavy atom. The molecule has 0 aromatic carbocycles. The number of rotatable bonds is 1. The van der Waals surface area contributed by atoms with Crippen molar-refractivity contribution in [2.45, 2.75) is 13.8 Å². The van der Waals surface area contributed by atoms with Crippen LogP contribution >= 0.6 is 0 Å². The van der Waals surface area contributed by atoms with Crippen LogP contribution in [0.3, 0.4) is 0 Å². The summed E-state index contributed by atoms with van der Waals surface area (Å²) in [5.41, 5.74) is 0. The van der Waals surface area contributed by atoms with Crippen LogP contribution in [0.15, 0.2) is 24.3 Å². The van der Waals surface area contributed by atoms with Gasteiger partial charge in [0.1, 0.15) is 0 Å². The molecule has 0 heterocycles. The summed E-state index contributed by atoms with van der Waals surface area (Å²) < 4.78 is 0. The predicted octanol–water partition coefficient (Wildman–Crippen LogP) is 1.49. The van der Waals surface area contributed by atoms with Crippen molar-refractivity contribution in [2.24, 2.45) is 0 Å². The molecule has 0 saturated heterocycles. The Hall–Kier alpha value is 0.0774. The molecule has 0 nitrogen and oxygen atoms in total. The fourth-order valence-electron chi connectivity index (χ4n) is 0.222. The van der Waals surface area contributed by atoms with E-state index < -0.39 is 0 Å². The molecular formula is C6H11Li. The predicted molar refractivity (Wildman–Crippen MR) is 36.8 cm³/mol. The topological polar surface area (TPSA) is 0 Å². The molecule has 0 spiro atoms. The van der Waals surface area contributed by atoms with Crippen LogP contribution in [0.25, 0.3) is 0 Å². The average molecular weight is 90.1 g/mol. The molecule has 0 rings (SSSR count). The summed E-state index contributed by atoms with van der Waals surface area (Å²) in [6.45, 7) is 4.00. The number of hydrogen-bond acceptors (Lipinski definition) is 0. The van der Waals surface area contributed by atoms with Crippen LogP contribution in [0.4, 0.5) is 0 Å². The first-order valence-electron chi connectivity index (χ1n) is 2.15. The third kappa shape index (κ3) is 10.7. The number of hydrogen-bond donors (Lipinski definition) is 0. The summed E-state index contributed by atoms with van der Waals surface area (Å²) in [5, 5.41) is 0. The molecule has 0 atom stereocenters. The summed E-state index contributed by atoms with van der Waals surface area (Å²) in [6.07, 6.45) is 8.00. The van der Waals surface area contributed by atoms with Gasteiger partial charge in [-0.15, -0.1) is 0 Å². The Bertz CT molecular complexity index is 52.6. The quantitative estimate of drug-likeness (QED) is 0.338. The maximum atomic E-state index is 2.00. The van der Waals surface area contributed by atoms with Crippen LogP contribution < -0.4 is 0 Å². The van der Waals surface area contributed by atoms with Gasteiger partial charge in [0.25, 0.3) is 0 Å². The SMILES string of the molecule is C/C=C/C=C/C.[LiH]. The van der Waals surface area contributed by atoms with Crippen molar-refractivity contribution < 1.29 is 0 Å². The van der Waals surface area contributed by atoms with E-state index in [1.807, 2.05) is 38.2 Å². The van der Waals surface area contributed by atoms with Crippen molar-refractivity contribution >= 4 is 18.9 Å². The Labute approximate surface area is 57.5 Å². The normalized spacial score (nSPS) is 10.0. The summed E-state index contributed by atoms with van der Waals surface area (Å²) >= 11 is 0. The van der Waals surface area contributed by atoms with Gasteiger partial charge in [0.15, 0.2) is 0 Å². The van der Waals surface area contributed by atoms with Crippen molar-refractivity contribution in [3.63, 3.8) is 0 Å². The minimum atomic E-state index is 0. The molecule has 0 aromatic rings. The van der Waals surface area contributed by atoms with E-state index in [0.717, 1.165) is 0 Å². The second-order valence-electron chi connectivity index (χ2n) is 1.05. The fraction of sp³-hybridized carbons (Fsp3) is 0.333. The molecule has 1 heteroatoms. The molecule has 0 aliphatic rings. The molecule has 0 aromatic heterocycles. The standard InChI is InChI=1S/C6H10.Li.H/c1-3-5-6-4-2;;/h3-6H,1-2H3;;/b5-3+,6-4+;;. The van der Waals surface area contributed by atoms with E-state index in [1.54, 1.807) is 0 Å². The van der Waals surface area contributed by atoms with E-state index in [9.17, 15) is 0 Å². The van der Waals surface area contributed by atoms with Gasteiger partial charge in [-0.05, 0) is 13.8 Å². The molecule has 0 bridgehead atoms. The van der Waals surface area contributed by atoms with Gasteiger partial charge < -0.3 is 0 Å². The van der Waals surface area contributed by atoms with Gasteiger partial charge in [-0.1, -0.05) is 24.3 Å². The summed E-state index contributed by atoms with van der Waals surface area (Å²) in [4.78, 5) is 0. The molecular weight excluding hydrogens is 79.0 g/mol. The summed E-state index contributed by atoms with van der Waals surface area (Å²) in [6, 6.07) is 0. The molecule has 0 aliphatic carbocycles. The van der Waals surface area contributed by atoms with Gasteiger partial charge in [0.2, 0.25) is 0 Å². The van der Waals surface area contributed by atoms with E-state index >= 15 is 0 Å². The van der Waals surface area contributed by atoms with Crippen molar-refractivity contribution in [3.05, 3.63) is 24.3 Å². The van der Waals surface area contributed by atoms with Crippen molar-refractivity contribution in [3.8, 4) is 0 Å². The van der Waals surface area contributed by atoms with E-state index in [1.165, 1.54) is 0 Å². The Morgan fingerprint density at radius 2 is 1.14 bits per heavy atom. The first-order valence-corrected chi connectivity index (χ1v) is 2.15. The van der Waals surface area contributed by atoms with Crippen LogP contribution in [0.5, 0.6) is 0 Å². The molecule has 0 radical (unpaired) electrons. The Morgan fingerprint density at radius 3 is 1.29 bits per heavy atom. The van der Waals surface area contributed by atoms with E-state index in [0.29, 0.717) is 0 Å². The average Bonchev–Trinajstić information content (AvgIpc) is 1.61. The van der Waals surface area contributed by atoms with Gasteiger partial charge >= 0.3 is 18.9 Å². The van der Waals surface area contributed by atoms with Gasteiger partial charge in [0, 0.05) is 0 Å². The van der Waals surface area contributed by atoms with Crippen LogP contribution in [0.2, 0.25) is 0 Å². The van der Waals surface area contributed by atoms with Gasteiger partial charge in [-0.3, -0.25) is 0 Å². The van der Waals surface area contributed by atoms with Crippen LogP contribution in [0, 0.1) is 0 Å². The molecule has 0 amide bonds. The summed E-state index contributed by atoms with van der Waals surface area (Å²) in [7, 11) is 0. The first kappa shape index (κ1) is 10.1. The van der Waals surface area contributed by atoms with Crippen LogP contribution in [0.1, 0.15) is 13.8 Å². The molecule has 0 fully saturated rings. The Kier molecular flexibility index (Phi) is 13.7. The molecule has 36 valence electrons. The second-order valence-corrected chi connectivity index (χ2v) is 1.05. The Balaban J connectivity index is 0. The van der Waals surface area contributed by atoms with Crippen LogP contribution in [-0.2, 0) is 0 Å².